The molecule has 34 heavy (non-hydrogen) atoms. The van der Waals surface area contributed by atoms with E-state index in [1.165, 1.54) is 7.11 Å². The lowest BCUT2D eigenvalue weighted by atomic mass is 10.2. The molecule has 0 atom stereocenters. The molecule has 9 nitrogen and oxygen atoms in total. The monoisotopic (exact) mass is 466 g/mol. The molecule has 1 aromatic heterocycles. The van der Waals surface area contributed by atoms with Crippen LogP contribution in [-0.4, -0.2) is 73.3 Å². The van der Waals surface area contributed by atoms with Gasteiger partial charge in [-0.3, -0.25) is 9.59 Å². The van der Waals surface area contributed by atoms with E-state index in [2.05, 4.69) is 5.32 Å². The molecule has 180 valence electrons. The van der Waals surface area contributed by atoms with Crippen LogP contribution in [0.5, 0.6) is 11.5 Å². The number of carbonyl (C=O) groups is 2. The maximum absolute atomic E-state index is 12.9. The Morgan fingerprint density at radius 2 is 1.82 bits per heavy atom. The number of nitrogens with one attached hydrogen (secondary N) is 1. The number of amides is 2. The number of hydrogen-bond acceptors (Lipinski definition) is 6. The second kappa shape index (κ2) is 11.0. The van der Waals surface area contributed by atoms with E-state index >= 15 is 0 Å². The molecule has 2 amide bonds. The summed E-state index contributed by atoms with van der Waals surface area (Å²) < 4.78 is 17.8. The van der Waals surface area contributed by atoms with Crippen molar-refractivity contribution >= 4 is 22.8 Å². The third-order valence-corrected chi connectivity index (χ3v) is 5.90. The number of ether oxygens (including phenoxy) is 3. The van der Waals surface area contributed by atoms with Crippen molar-refractivity contribution in [2.45, 2.75) is 19.4 Å². The number of benzene rings is 2. The summed E-state index contributed by atoms with van der Waals surface area (Å²) in [5.41, 5.74) is 2.30. The molecule has 0 radical (unpaired) electrons. The lowest BCUT2D eigenvalue weighted by molar-refractivity contribution is -0.135. The molecular weight excluding hydrogens is 436 g/mol. The van der Waals surface area contributed by atoms with Crippen molar-refractivity contribution in [3.05, 3.63) is 53.9 Å². The number of carbonyl (C=O) groups excluding carboxylic acids is 2. The van der Waals surface area contributed by atoms with E-state index in [0.717, 1.165) is 16.9 Å². The Bertz CT molecular complexity index is 1150. The van der Waals surface area contributed by atoms with Crippen molar-refractivity contribution in [1.82, 2.24) is 19.8 Å². The van der Waals surface area contributed by atoms with Crippen LogP contribution in [0.3, 0.4) is 0 Å². The van der Waals surface area contributed by atoms with Crippen LogP contribution in [0.15, 0.2) is 42.5 Å². The van der Waals surface area contributed by atoms with Gasteiger partial charge >= 0.3 is 0 Å². The summed E-state index contributed by atoms with van der Waals surface area (Å²) in [6, 6.07) is 12.9. The molecule has 4 rings (SSSR count). The summed E-state index contributed by atoms with van der Waals surface area (Å²) in [5, 5.41) is 2.94. The number of imidazole rings is 1. The molecule has 1 saturated heterocycles. The van der Waals surface area contributed by atoms with Gasteiger partial charge in [0.25, 0.3) is 5.91 Å². The first kappa shape index (κ1) is 23.6. The van der Waals surface area contributed by atoms with Gasteiger partial charge in [0.15, 0.2) is 11.5 Å². The van der Waals surface area contributed by atoms with E-state index in [0.29, 0.717) is 62.8 Å². The van der Waals surface area contributed by atoms with Crippen molar-refractivity contribution in [3.63, 3.8) is 0 Å². The summed E-state index contributed by atoms with van der Waals surface area (Å²) in [4.78, 5) is 32.0. The summed E-state index contributed by atoms with van der Waals surface area (Å²) in [6.07, 6.45) is 1.32. The second-order valence-electron chi connectivity index (χ2n) is 8.03. The summed E-state index contributed by atoms with van der Waals surface area (Å²) in [6.45, 7) is 3.10. The average molecular weight is 467 g/mol. The zero-order valence-electron chi connectivity index (χ0n) is 19.6. The molecule has 0 bridgehead atoms. The van der Waals surface area contributed by atoms with Gasteiger partial charge in [-0.15, -0.1) is 0 Å². The first-order valence-electron chi connectivity index (χ1n) is 11.4. The number of nitrogens with zero attached hydrogens (tertiary/aromatic N) is 3. The molecule has 3 aromatic rings. The normalized spacial score (nSPS) is 13.6. The van der Waals surface area contributed by atoms with Crippen LogP contribution in [0.4, 0.5) is 0 Å². The van der Waals surface area contributed by atoms with Crippen LogP contribution in [0.1, 0.15) is 22.6 Å². The van der Waals surface area contributed by atoms with Gasteiger partial charge in [0.2, 0.25) is 5.91 Å². The van der Waals surface area contributed by atoms with Crippen molar-refractivity contribution in [2.24, 2.45) is 0 Å². The lowest BCUT2D eigenvalue weighted by Gasteiger charge is -2.27. The third kappa shape index (κ3) is 5.31. The lowest BCUT2D eigenvalue weighted by Crippen LogP contribution is -2.42. The minimum absolute atomic E-state index is 0.0643. The fourth-order valence-corrected chi connectivity index (χ4v) is 4.07. The number of morpholine rings is 1. The van der Waals surface area contributed by atoms with Gasteiger partial charge in [0, 0.05) is 31.6 Å². The van der Waals surface area contributed by atoms with Crippen LogP contribution >= 0.6 is 0 Å². The molecule has 0 aliphatic carbocycles. The molecule has 9 heteroatoms. The van der Waals surface area contributed by atoms with Crippen LogP contribution in [0, 0.1) is 0 Å². The zero-order chi connectivity index (χ0) is 23.9. The molecule has 0 spiro atoms. The van der Waals surface area contributed by atoms with Crippen LogP contribution in [0.25, 0.3) is 11.0 Å². The molecule has 2 aromatic carbocycles. The van der Waals surface area contributed by atoms with Crippen LogP contribution in [0.2, 0.25) is 0 Å². The molecule has 1 aliphatic rings. The van der Waals surface area contributed by atoms with Gasteiger partial charge in [0.05, 0.1) is 38.5 Å². The summed E-state index contributed by atoms with van der Waals surface area (Å²) in [7, 11) is 3.09. The van der Waals surface area contributed by atoms with Crippen LogP contribution in [-0.2, 0) is 22.5 Å². The van der Waals surface area contributed by atoms with E-state index in [4.69, 9.17) is 19.2 Å². The topological polar surface area (TPSA) is 94.9 Å². The standard InChI is InChI=1S/C25H30N4O5/c1-32-21-10-9-18(16-22(21)33-2)25(31)26-11-5-8-23-27-19-6-3-4-7-20(19)29(23)17-24(30)28-12-14-34-15-13-28/h3-4,6-7,9-10,16H,5,8,11-15,17H2,1-2H3,(H,26,31). The average Bonchev–Trinajstić information content (AvgIpc) is 3.23. The van der Waals surface area contributed by atoms with Gasteiger partial charge in [-0.1, -0.05) is 12.1 Å². The predicted molar refractivity (Wildman–Crippen MR) is 127 cm³/mol. The Balaban J connectivity index is 1.39. The smallest absolute Gasteiger partial charge is 0.251 e. The fraction of sp³-hybridized carbons (Fsp3) is 0.400. The van der Waals surface area contributed by atoms with E-state index in [1.807, 2.05) is 33.7 Å². The maximum atomic E-state index is 12.9. The first-order chi connectivity index (χ1) is 16.6. The number of rotatable bonds is 9. The molecule has 1 aliphatic heterocycles. The number of aryl methyl sites for hydroxylation is 1. The Kier molecular flexibility index (Phi) is 7.64. The number of aromatic nitrogens is 2. The van der Waals surface area contributed by atoms with Crippen molar-refractivity contribution in [3.8, 4) is 11.5 Å². The Morgan fingerprint density at radius 3 is 2.59 bits per heavy atom. The molecule has 0 unspecified atom stereocenters. The van der Waals surface area contributed by atoms with Gasteiger partial charge in [-0.25, -0.2) is 4.98 Å². The van der Waals surface area contributed by atoms with Crippen molar-refractivity contribution < 1.29 is 23.8 Å². The van der Waals surface area contributed by atoms with Gasteiger partial charge in [-0.05, 0) is 36.8 Å². The number of para-hydroxylation sites is 2. The number of hydrogen-bond donors (Lipinski definition) is 1. The highest BCUT2D eigenvalue weighted by atomic mass is 16.5. The largest absolute Gasteiger partial charge is 0.493 e. The zero-order valence-corrected chi connectivity index (χ0v) is 19.6. The summed E-state index contributed by atoms with van der Waals surface area (Å²) in [5.74, 6) is 1.80. The molecular formula is C25H30N4O5. The van der Waals surface area contributed by atoms with E-state index in [1.54, 1.807) is 25.3 Å². The van der Waals surface area contributed by atoms with E-state index in [-0.39, 0.29) is 18.4 Å². The van der Waals surface area contributed by atoms with Crippen molar-refractivity contribution in [1.29, 1.82) is 0 Å². The number of fused-ring (bicyclic) bond motifs is 1. The van der Waals surface area contributed by atoms with E-state index < -0.39 is 0 Å². The highest BCUT2D eigenvalue weighted by Gasteiger charge is 2.20. The van der Waals surface area contributed by atoms with Gasteiger partial charge in [0.1, 0.15) is 12.4 Å². The number of methoxy groups -OCH3 is 2. The van der Waals surface area contributed by atoms with Crippen molar-refractivity contribution in [2.75, 3.05) is 47.1 Å². The van der Waals surface area contributed by atoms with Gasteiger partial charge < -0.3 is 29.0 Å². The highest BCUT2D eigenvalue weighted by molar-refractivity contribution is 5.94. The molecule has 1 fully saturated rings. The Morgan fingerprint density at radius 1 is 1.06 bits per heavy atom. The second-order valence-corrected chi connectivity index (χ2v) is 8.03. The fourth-order valence-electron chi connectivity index (χ4n) is 4.07. The summed E-state index contributed by atoms with van der Waals surface area (Å²) >= 11 is 0. The minimum Gasteiger partial charge on any atom is -0.493 e. The maximum Gasteiger partial charge on any atom is 0.251 e. The van der Waals surface area contributed by atoms with Gasteiger partial charge in [-0.2, -0.15) is 0 Å². The quantitative estimate of drug-likeness (QED) is 0.486. The minimum atomic E-state index is -0.183. The first-order valence-corrected chi connectivity index (χ1v) is 11.4. The van der Waals surface area contributed by atoms with E-state index in [9.17, 15) is 9.59 Å². The molecule has 2 heterocycles. The van der Waals surface area contributed by atoms with Crippen LogP contribution < -0.4 is 14.8 Å². The third-order valence-electron chi connectivity index (χ3n) is 5.90. The molecule has 1 N–H and O–H groups in total. The molecule has 0 saturated carbocycles. The Labute approximate surface area is 198 Å². The SMILES string of the molecule is COc1ccc(C(=O)NCCCc2nc3ccccc3n2CC(=O)N2CCOCC2)cc1OC. The predicted octanol–water partition coefficient (Wildman–Crippen LogP) is 2.27. The Hall–Kier alpha value is -3.59. The highest BCUT2D eigenvalue weighted by Crippen LogP contribution is 2.27.